The molecule has 0 aliphatic carbocycles. The van der Waals surface area contributed by atoms with Crippen LogP contribution in [-0.2, 0) is 4.79 Å². The molecule has 1 aliphatic heterocycles. The van der Waals surface area contributed by atoms with Crippen molar-refractivity contribution in [2.24, 2.45) is 11.8 Å². The summed E-state index contributed by atoms with van der Waals surface area (Å²) >= 11 is 4.31. The van der Waals surface area contributed by atoms with Crippen molar-refractivity contribution in [3.05, 3.63) is 12.2 Å². The quantitative estimate of drug-likeness (QED) is 0.272. The van der Waals surface area contributed by atoms with Gasteiger partial charge in [-0.3, -0.25) is 0 Å². The van der Waals surface area contributed by atoms with Crippen LogP contribution in [0.1, 0.15) is 71.1 Å². The molecule has 1 heterocycles. The number of hydrogen-bond acceptors (Lipinski definition) is 3. The summed E-state index contributed by atoms with van der Waals surface area (Å²) in [7, 11) is 0. The SMILES string of the molecule is CCCCCCCCSCC1CSCC1CCCCC=CC(=O)O. The van der Waals surface area contributed by atoms with Crippen LogP contribution in [0.15, 0.2) is 12.2 Å². The molecule has 140 valence electrons. The minimum absolute atomic E-state index is 0.829. The van der Waals surface area contributed by atoms with Crippen LogP contribution in [0, 0.1) is 11.8 Å². The molecule has 0 aromatic heterocycles. The van der Waals surface area contributed by atoms with Gasteiger partial charge < -0.3 is 5.11 Å². The van der Waals surface area contributed by atoms with E-state index in [1.54, 1.807) is 6.08 Å². The number of carboxylic acid groups (broad SMARTS) is 1. The van der Waals surface area contributed by atoms with Crippen molar-refractivity contribution in [2.45, 2.75) is 71.1 Å². The van der Waals surface area contributed by atoms with Crippen molar-refractivity contribution in [2.75, 3.05) is 23.0 Å². The normalized spacial score (nSPS) is 20.9. The van der Waals surface area contributed by atoms with Crippen molar-refractivity contribution >= 4 is 29.5 Å². The Hall–Kier alpha value is -0.0900. The Morgan fingerprint density at radius 2 is 1.83 bits per heavy atom. The molecular weight excluding hydrogens is 336 g/mol. The molecule has 24 heavy (non-hydrogen) atoms. The second kappa shape index (κ2) is 15.2. The highest BCUT2D eigenvalue weighted by Gasteiger charge is 2.26. The van der Waals surface area contributed by atoms with Crippen LogP contribution in [0.2, 0.25) is 0 Å². The highest BCUT2D eigenvalue weighted by molar-refractivity contribution is 8.00. The Kier molecular flexibility index (Phi) is 13.9. The maximum atomic E-state index is 10.4. The number of carbonyl (C=O) groups is 1. The number of unbranched alkanes of at least 4 members (excludes halogenated alkanes) is 7. The van der Waals surface area contributed by atoms with Crippen LogP contribution in [0.5, 0.6) is 0 Å². The minimum atomic E-state index is -0.829. The standard InChI is InChI=1S/C20H36O2S2/c1-2-3-4-5-8-11-14-23-16-19-17-24-15-18(19)12-9-6-7-10-13-20(21)22/h10,13,18-19H,2-9,11-12,14-17H2,1H3,(H,21,22). The molecule has 0 amide bonds. The molecule has 0 spiro atoms. The number of rotatable bonds is 15. The van der Waals surface area contributed by atoms with Gasteiger partial charge in [-0.15, -0.1) is 0 Å². The fourth-order valence-electron chi connectivity index (χ4n) is 3.22. The van der Waals surface area contributed by atoms with Crippen LogP contribution in [0.3, 0.4) is 0 Å². The van der Waals surface area contributed by atoms with Crippen LogP contribution < -0.4 is 0 Å². The topological polar surface area (TPSA) is 37.3 Å². The second-order valence-corrected chi connectivity index (χ2v) is 9.15. The van der Waals surface area contributed by atoms with Gasteiger partial charge in [-0.2, -0.15) is 23.5 Å². The monoisotopic (exact) mass is 372 g/mol. The van der Waals surface area contributed by atoms with Crippen LogP contribution in [0.4, 0.5) is 0 Å². The Labute approximate surface area is 157 Å². The minimum Gasteiger partial charge on any atom is -0.478 e. The fraction of sp³-hybridized carbons (Fsp3) is 0.850. The lowest BCUT2D eigenvalue weighted by Gasteiger charge is -2.18. The van der Waals surface area contributed by atoms with Crippen LogP contribution in [0.25, 0.3) is 0 Å². The Morgan fingerprint density at radius 1 is 1.08 bits per heavy atom. The lowest BCUT2D eigenvalue weighted by Crippen LogP contribution is -2.15. The molecule has 0 radical (unpaired) electrons. The number of allylic oxidation sites excluding steroid dienone is 1. The predicted octanol–water partition coefficient (Wildman–Crippen LogP) is 6.26. The zero-order chi connectivity index (χ0) is 17.5. The van der Waals surface area contributed by atoms with E-state index in [0.29, 0.717) is 0 Å². The first kappa shape index (κ1) is 22.0. The first-order valence-electron chi connectivity index (χ1n) is 9.79. The number of hydrogen-bond donors (Lipinski definition) is 1. The van der Waals surface area contributed by atoms with E-state index < -0.39 is 5.97 Å². The van der Waals surface area contributed by atoms with Crippen molar-refractivity contribution in [1.82, 2.24) is 0 Å². The van der Waals surface area contributed by atoms with E-state index in [9.17, 15) is 4.79 Å². The third kappa shape index (κ3) is 11.5. The summed E-state index contributed by atoms with van der Waals surface area (Å²) < 4.78 is 0. The van der Waals surface area contributed by atoms with E-state index in [4.69, 9.17) is 5.11 Å². The van der Waals surface area contributed by atoms with Crippen molar-refractivity contribution in [3.63, 3.8) is 0 Å². The number of thioether (sulfide) groups is 2. The molecule has 0 saturated carbocycles. The van der Waals surface area contributed by atoms with Gasteiger partial charge in [-0.05, 0) is 60.5 Å². The Balaban J connectivity index is 1.99. The van der Waals surface area contributed by atoms with E-state index in [1.165, 1.54) is 80.5 Å². The summed E-state index contributed by atoms with van der Waals surface area (Å²) in [5.74, 6) is 6.38. The van der Waals surface area contributed by atoms with Gasteiger partial charge >= 0.3 is 5.97 Å². The zero-order valence-corrected chi connectivity index (χ0v) is 17.0. The molecule has 2 unspecified atom stereocenters. The summed E-state index contributed by atoms with van der Waals surface area (Å²) in [6, 6.07) is 0. The van der Waals surface area contributed by atoms with Gasteiger partial charge in [0, 0.05) is 6.08 Å². The molecule has 2 atom stereocenters. The summed E-state index contributed by atoms with van der Waals surface area (Å²) in [5, 5.41) is 8.56. The molecule has 0 aromatic carbocycles. The summed E-state index contributed by atoms with van der Waals surface area (Å²) in [5.41, 5.74) is 0. The summed E-state index contributed by atoms with van der Waals surface area (Å²) in [6.07, 6.45) is 16.1. The first-order valence-corrected chi connectivity index (χ1v) is 12.1. The van der Waals surface area contributed by atoms with Gasteiger partial charge in [-0.25, -0.2) is 4.79 Å². The van der Waals surface area contributed by atoms with E-state index in [2.05, 4.69) is 30.4 Å². The zero-order valence-electron chi connectivity index (χ0n) is 15.4. The predicted molar refractivity (Wildman–Crippen MR) is 110 cm³/mol. The van der Waals surface area contributed by atoms with Gasteiger partial charge in [-0.1, -0.05) is 51.5 Å². The molecular formula is C20H36O2S2. The van der Waals surface area contributed by atoms with Gasteiger partial charge in [0.1, 0.15) is 0 Å². The largest absolute Gasteiger partial charge is 0.478 e. The van der Waals surface area contributed by atoms with E-state index in [0.717, 1.165) is 24.7 Å². The van der Waals surface area contributed by atoms with E-state index in [-0.39, 0.29) is 0 Å². The van der Waals surface area contributed by atoms with E-state index >= 15 is 0 Å². The molecule has 1 N–H and O–H groups in total. The van der Waals surface area contributed by atoms with Gasteiger partial charge in [0.15, 0.2) is 0 Å². The first-order chi connectivity index (χ1) is 11.7. The van der Waals surface area contributed by atoms with E-state index in [1.807, 2.05) is 0 Å². The summed E-state index contributed by atoms with van der Waals surface area (Å²) in [6.45, 7) is 2.28. The Morgan fingerprint density at radius 3 is 2.62 bits per heavy atom. The summed E-state index contributed by atoms with van der Waals surface area (Å²) in [4.78, 5) is 10.4. The van der Waals surface area contributed by atoms with Crippen LogP contribution in [-0.4, -0.2) is 34.1 Å². The Bertz CT molecular complexity index is 345. The number of carboxylic acids is 1. The van der Waals surface area contributed by atoms with Gasteiger partial charge in [0.05, 0.1) is 0 Å². The molecule has 4 heteroatoms. The molecule has 1 saturated heterocycles. The smallest absolute Gasteiger partial charge is 0.327 e. The second-order valence-electron chi connectivity index (χ2n) is 6.93. The van der Waals surface area contributed by atoms with Gasteiger partial charge in [0.2, 0.25) is 0 Å². The molecule has 1 aliphatic rings. The average Bonchev–Trinajstić information content (AvgIpc) is 3.00. The average molecular weight is 373 g/mol. The fourth-order valence-corrected chi connectivity index (χ4v) is 6.21. The van der Waals surface area contributed by atoms with Crippen molar-refractivity contribution < 1.29 is 9.90 Å². The lowest BCUT2D eigenvalue weighted by molar-refractivity contribution is -0.131. The van der Waals surface area contributed by atoms with Crippen molar-refractivity contribution in [3.8, 4) is 0 Å². The molecule has 1 rings (SSSR count). The lowest BCUT2D eigenvalue weighted by atomic mass is 9.92. The maximum absolute atomic E-state index is 10.4. The maximum Gasteiger partial charge on any atom is 0.327 e. The molecule has 2 nitrogen and oxygen atoms in total. The van der Waals surface area contributed by atoms with Crippen molar-refractivity contribution in [1.29, 1.82) is 0 Å². The van der Waals surface area contributed by atoms with Crippen LogP contribution >= 0.6 is 23.5 Å². The third-order valence-corrected chi connectivity index (χ3v) is 7.33. The molecule has 0 bridgehead atoms. The number of aliphatic carboxylic acids is 1. The molecule has 1 fully saturated rings. The third-order valence-electron chi connectivity index (χ3n) is 4.76. The molecule has 0 aromatic rings. The highest BCUT2D eigenvalue weighted by atomic mass is 32.2. The van der Waals surface area contributed by atoms with Gasteiger partial charge in [0.25, 0.3) is 0 Å². The highest BCUT2D eigenvalue weighted by Crippen LogP contribution is 2.35.